The Balaban J connectivity index is 1.57. The van der Waals surface area contributed by atoms with Gasteiger partial charge in [0, 0.05) is 18.7 Å². The average molecular weight is 417 g/mol. The highest BCUT2D eigenvalue weighted by Gasteiger charge is 2.33. The number of carbonyl (C=O) groups excluding carboxylic acids is 1. The maximum atomic E-state index is 12.5. The minimum Gasteiger partial charge on any atom is -0.468 e. The van der Waals surface area contributed by atoms with Gasteiger partial charge in [-0.1, -0.05) is 0 Å². The molecule has 0 spiro atoms. The average Bonchev–Trinajstić information content (AvgIpc) is 3.13. The van der Waals surface area contributed by atoms with E-state index >= 15 is 0 Å². The van der Waals surface area contributed by atoms with E-state index in [4.69, 9.17) is 4.42 Å². The van der Waals surface area contributed by atoms with Crippen LogP contribution in [0.1, 0.15) is 29.0 Å². The zero-order valence-electron chi connectivity index (χ0n) is 14.7. The molecule has 1 fully saturated rings. The van der Waals surface area contributed by atoms with Crippen molar-refractivity contribution in [3.63, 3.8) is 0 Å². The van der Waals surface area contributed by atoms with Gasteiger partial charge in [0.25, 0.3) is 5.91 Å². The van der Waals surface area contributed by atoms with Gasteiger partial charge >= 0.3 is 6.36 Å². The van der Waals surface area contributed by atoms with Crippen LogP contribution < -0.4 is 4.74 Å². The van der Waals surface area contributed by atoms with Crippen molar-refractivity contribution in [2.24, 2.45) is 0 Å². The molecule has 10 heteroatoms. The molecule has 0 radical (unpaired) electrons. The number of piperidine rings is 1. The van der Waals surface area contributed by atoms with Crippen LogP contribution in [-0.4, -0.2) is 43.9 Å². The SMILES string of the molecule is O=C(c1ccc(OC(F)(F)F)cc1)N1CCC(S(=O)(=O)Cc2ccco2)CC1. The number of halogens is 3. The summed E-state index contributed by atoms with van der Waals surface area (Å²) in [5.74, 6) is -0.578. The van der Waals surface area contributed by atoms with E-state index in [0.29, 0.717) is 18.6 Å². The van der Waals surface area contributed by atoms with Crippen molar-refractivity contribution >= 4 is 15.7 Å². The zero-order valence-corrected chi connectivity index (χ0v) is 15.5. The van der Waals surface area contributed by atoms with Crippen LogP contribution in [0.25, 0.3) is 0 Å². The van der Waals surface area contributed by atoms with Crippen LogP contribution in [0.5, 0.6) is 5.75 Å². The van der Waals surface area contributed by atoms with Gasteiger partial charge in [0.15, 0.2) is 9.84 Å². The summed E-state index contributed by atoms with van der Waals surface area (Å²) in [7, 11) is -3.40. The van der Waals surface area contributed by atoms with Gasteiger partial charge in [-0.15, -0.1) is 13.2 Å². The zero-order chi connectivity index (χ0) is 20.4. The Morgan fingerprint density at radius 1 is 1.14 bits per heavy atom. The van der Waals surface area contributed by atoms with Gasteiger partial charge in [0.1, 0.15) is 17.3 Å². The van der Waals surface area contributed by atoms with E-state index in [-0.39, 0.29) is 30.3 Å². The third kappa shape index (κ3) is 5.06. The van der Waals surface area contributed by atoms with E-state index in [1.165, 1.54) is 23.3 Å². The van der Waals surface area contributed by atoms with Crippen LogP contribution in [0.15, 0.2) is 47.1 Å². The second kappa shape index (κ2) is 7.86. The summed E-state index contributed by atoms with van der Waals surface area (Å²) in [6.07, 6.45) is -2.79. The van der Waals surface area contributed by atoms with Crippen LogP contribution in [0.2, 0.25) is 0 Å². The molecule has 1 saturated heterocycles. The van der Waals surface area contributed by atoms with Crippen molar-refractivity contribution in [2.45, 2.75) is 30.2 Å². The lowest BCUT2D eigenvalue weighted by atomic mass is 10.1. The molecule has 1 amide bonds. The highest BCUT2D eigenvalue weighted by atomic mass is 32.2. The molecule has 0 saturated carbocycles. The predicted molar refractivity (Wildman–Crippen MR) is 93.4 cm³/mol. The topological polar surface area (TPSA) is 76.8 Å². The number of nitrogens with zero attached hydrogens (tertiary/aromatic N) is 1. The number of rotatable bonds is 5. The first-order valence-corrected chi connectivity index (χ1v) is 10.2. The summed E-state index contributed by atoms with van der Waals surface area (Å²) in [6, 6.07) is 7.87. The molecule has 0 bridgehead atoms. The molecule has 0 atom stereocenters. The Hall–Kier alpha value is -2.49. The first-order chi connectivity index (χ1) is 13.1. The minimum absolute atomic E-state index is 0.181. The number of carbonyl (C=O) groups is 1. The standard InChI is InChI=1S/C18H18F3NO5S/c19-18(20,21)27-14-5-3-13(4-6-14)17(23)22-9-7-16(8-10-22)28(24,25)12-15-2-1-11-26-15/h1-6,11,16H,7-10,12H2. The first kappa shape index (κ1) is 20.2. The van der Waals surface area contributed by atoms with E-state index in [9.17, 15) is 26.4 Å². The van der Waals surface area contributed by atoms with E-state index < -0.39 is 27.2 Å². The summed E-state index contributed by atoms with van der Waals surface area (Å²) < 4.78 is 70.4. The van der Waals surface area contributed by atoms with E-state index in [1.807, 2.05) is 0 Å². The molecule has 3 rings (SSSR count). The Morgan fingerprint density at radius 3 is 2.32 bits per heavy atom. The van der Waals surface area contributed by atoms with Crippen molar-refractivity contribution in [1.29, 1.82) is 0 Å². The van der Waals surface area contributed by atoms with Crippen LogP contribution in [0.4, 0.5) is 13.2 Å². The Morgan fingerprint density at radius 2 is 1.79 bits per heavy atom. The molecule has 1 aromatic carbocycles. The number of benzene rings is 1. The molecular weight excluding hydrogens is 399 g/mol. The minimum atomic E-state index is -4.80. The van der Waals surface area contributed by atoms with Gasteiger partial charge in [-0.2, -0.15) is 0 Å². The third-order valence-electron chi connectivity index (χ3n) is 4.50. The Bertz CT molecular complexity index is 900. The maximum Gasteiger partial charge on any atom is 0.573 e. The summed E-state index contributed by atoms with van der Waals surface area (Å²) in [6.45, 7) is 0.503. The molecular formula is C18H18F3NO5S. The van der Waals surface area contributed by atoms with Gasteiger partial charge < -0.3 is 14.1 Å². The Kier molecular flexibility index (Phi) is 5.69. The molecule has 0 unspecified atom stereocenters. The number of sulfone groups is 1. The normalized spacial score (nSPS) is 16.2. The first-order valence-electron chi connectivity index (χ1n) is 8.53. The van der Waals surface area contributed by atoms with Crippen molar-refractivity contribution in [1.82, 2.24) is 4.90 Å². The summed E-state index contributed by atoms with van der Waals surface area (Å²) in [5, 5.41) is -0.566. The number of ether oxygens (including phenoxy) is 1. The fourth-order valence-corrected chi connectivity index (χ4v) is 4.84. The monoisotopic (exact) mass is 417 g/mol. The molecule has 28 heavy (non-hydrogen) atoms. The fourth-order valence-electron chi connectivity index (χ4n) is 3.11. The van der Waals surface area contributed by atoms with Crippen LogP contribution >= 0.6 is 0 Å². The van der Waals surface area contributed by atoms with Gasteiger partial charge in [-0.3, -0.25) is 4.79 Å². The second-order valence-electron chi connectivity index (χ2n) is 6.45. The number of hydrogen-bond acceptors (Lipinski definition) is 5. The number of alkyl halides is 3. The van der Waals surface area contributed by atoms with Crippen LogP contribution in [-0.2, 0) is 15.6 Å². The fraction of sp³-hybridized carbons (Fsp3) is 0.389. The number of amides is 1. The van der Waals surface area contributed by atoms with Crippen molar-refractivity contribution in [3.05, 3.63) is 54.0 Å². The van der Waals surface area contributed by atoms with Crippen molar-refractivity contribution in [2.75, 3.05) is 13.1 Å². The van der Waals surface area contributed by atoms with E-state index in [0.717, 1.165) is 12.1 Å². The van der Waals surface area contributed by atoms with Crippen molar-refractivity contribution in [3.8, 4) is 5.75 Å². The van der Waals surface area contributed by atoms with Crippen LogP contribution in [0, 0.1) is 0 Å². The van der Waals surface area contributed by atoms with Gasteiger partial charge in [-0.25, -0.2) is 8.42 Å². The molecule has 1 aromatic heterocycles. The maximum absolute atomic E-state index is 12.5. The lowest BCUT2D eigenvalue weighted by Crippen LogP contribution is -2.42. The molecule has 0 N–H and O–H groups in total. The van der Waals surface area contributed by atoms with E-state index in [1.54, 1.807) is 12.1 Å². The summed E-state index contributed by atoms with van der Waals surface area (Å²) in [4.78, 5) is 14.0. The van der Waals surface area contributed by atoms with Crippen LogP contribution in [0.3, 0.4) is 0 Å². The molecule has 0 aliphatic carbocycles. The third-order valence-corrected chi connectivity index (χ3v) is 6.67. The lowest BCUT2D eigenvalue weighted by Gasteiger charge is -2.31. The molecule has 1 aliphatic rings. The molecule has 6 nitrogen and oxygen atoms in total. The molecule has 2 aromatic rings. The number of hydrogen-bond donors (Lipinski definition) is 0. The smallest absolute Gasteiger partial charge is 0.468 e. The van der Waals surface area contributed by atoms with E-state index in [2.05, 4.69) is 4.74 Å². The highest BCUT2D eigenvalue weighted by Crippen LogP contribution is 2.25. The summed E-state index contributed by atoms with van der Waals surface area (Å²) in [5.41, 5.74) is 0.214. The lowest BCUT2D eigenvalue weighted by molar-refractivity contribution is -0.274. The molecule has 2 heterocycles. The largest absolute Gasteiger partial charge is 0.573 e. The summed E-state index contributed by atoms with van der Waals surface area (Å²) >= 11 is 0. The second-order valence-corrected chi connectivity index (χ2v) is 8.73. The van der Waals surface area contributed by atoms with Gasteiger partial charge in [0.05, 0.1) is 11.5 Å². The highest BCUT2D eigenvalue weighted by molar-refractivity contribution is 7.91. The van der Waals surface area contributed by atoms with Gasteiger partial charge in [0.2, 0.25) is 0 Å². The van der Waals surface area contributed by atoms with Gasteiger partial charge in [-0.05, 0) is 49.2 Å². The molecule has 1 aliphatic heterocycles. The number of likely N-dealkylation sites (tertiary alicyclic amines) is 1. The number of furan rings is 1. The molecule has 152 valence electrons. The Labute approximate surface area is 159 Å². The predicted octanol–water partition coefficient (Wildman–Crippen LogP) is 3.40. The quantitative estimate of drug-likeness (QED) is 0.745. The van der Waals surface area contributed by atoms with Crippen molar-refractivity contribution < 1.29 is 35.5 Å².